The summed E-state index contributed by atoms with van der Waals surface area (Å²) in [6, 6.07) is 8.65. The number of hydrogen-bond donors (Lipinski definition) is 0. The van der Waals surface area contributed by atoms with E-state index in [2.05, 4.69) is 46.5 Å². The Balaban J connectivity index is 2.05. The van der Waals surface area contributed by atoms with Crippen LogP contribution in [0.15, 0.2) is 42.6 Å². The van der Waals surface area contributed by atoms with Crippen LogP contribution >= 0.6 is 0 Å². The van der Waals surface area contributed by atoms with Crippen LogP contribution in [0.5, 0.6) is 11.5 Å². The van der Waals surface area contributed by atoms with Gasteiger partial charge in [0.1, 0.15) is 22.6 Å². The summed E-state index contributed by atoms with van der Waals surface area (Å²) in [5.41, 5.74) is 0.866. The number of benzene rings is 2. The van der Waals surface area contributed by atoms with E-state index in [1.165, 1.54) is 44.6 Å². The van der Waals surface area contributed by atoms with Crippen LogP contribution in [-0.4, -0.2) is 56.8 Å². The van der Waals surface area contributed by atoms with Crippen molar-refractivity contribution in [1.29, 1.82) is 0 Å². The molecular weight excluding hydrogens is 565 g/mol. The van der Waals surface area contributed by atoms with Gasteiger partial charge in [0.2, 0.25) is 0 Å². The van der Waals surface area contributed by atoms with Gasteiger partial charge in [-0.15, -0.1) is 0 Å². The lowest BCUT2D eigenvalue weighted by Crippen LogP contribution is -2.51. The van der Waals surface area contributed by atoms with Gasteiger partial charge in [-0.1, -0.05) is 53.7 Å². The van der Waals surface area contributed by atoms with E-state index in [9.17, 15) is 22.4 Å². The van der Waals surface area contributed by atoms with Crippen molar-refractivity contribution >= 4 is 41.3 Å². The molecule has 0 bridgehead atoms. The van der Waals surface area contributed by atoms with Crippen molar-refractivity contribution < 1.29 is 31.0 Å². The van der Waals surface area contributed by atoms with Crippen molar-refractivity contribution in [2.24, 2.45) is 0 Å². The molecule has 0 radical (unpaired) electrons. The normalized spacial score (nSPS) is 14.2. The molecule has 2 heterocycles. The third-order valence-electron chi connectivity index (χ3n) is 7.77. The number of imide groups is 1. The highest BCUT2D eigenvalue weighted by Gasteiger charge is 2.50. The van der Waals surface area contributed by atoms with Crippen LogP contribution in [0.4, 0.5) is 4.39 Å². The molecule has 0 unspecified atom stereocenters. The molecule has 220 valence electrons. The second-order valence-corrected chi connectivity index (χ2v) is 18.5. The van der Waals surface area contributed by atoms with Crippen LogP contribution < -0.4 is 8.61 Å². The molecule has 12 heteroatoms. The lowest BCUT2D eigenvalue weighted by Gasteiger charge is -2.42. The monoisotopic (exact) mass is 601 g/mol. The van der Waals surface area contributed by atoms with E-state index in [-0.39, 0.29) is 56.7 Å². The third-order valence-corrected chi connectivity index (χ3v) is 15.0. The quantitative estimate of drug-likeness (QED) is 0.210. The molecule has 0 N–H and O–H groups in total. The van der Waals surface area contributed by atoms with Gasteiger partial charge in [-0.2, -0.15) is 12.7 Å². The van der Waals surface area contributed by atoms with Crippen LogP contribution in [-0.2, 0) is 16.8 Å². The van der Waals surface area contributed by atoms with Crippen LogP contribution in [0.2, 0.25) is 16.6 Å². The standard InChI is InChI=1S/C29H36FN3O6SSi/c1-17(2)41(18(3)4,19(5)6)39-27-24-23(28(34)33(29(24)35)16-20-11-13-21(30)14-12-20)26(38-40(36,37)32(7)8)22-10-9-15-31-25(22)27/h9-15,17-19H,16H2,1-8H3. The minimum Gasteiger partial charge on any atom is -0.541 e. The molecule has 1 aliphatic heterocycles. The molecular formula is C29H36FN3O6SSi. The molecule has 3 aromatic rings. The Kier molecular flexibility index (Phi) is 8.32. The second-order valence-electron chi connectivity index (χ2n) is 11.4. The summed E-state index contributed by atoms with van der Waals surface area (Å²) in [5.74, 6) is -1.98. The highest BCUT2D eigenvalue weighted by Crippen LogP contribution is 2.50. The Morgan fingerprint density at radius 1 is 0.902 bits per heavy atom. The first-order chi connectivity index (χ1) is 19.1. The van der Waals surface area contributed by atoms with E-state index in [0.717, 1.165) is 9.21 Å². The Bertz CT molecular complexity index is 1590. The molecule has 1 aliphatic rings. The van der Waals surface area contributed by atoms with Crippen molar-refractivity contribution in [3.05, 3.63) is 65.1 Å². The van der Waals surface area contributed by atoms with Gasteiger partial charge >= 0.3 is 10.3 Å². The average Bonchev–Trinajstić information content (AvgIpc) is 3.13. The predicted molar refractivity (Wildman–Crippen MR) is 157 cm³/mol. The van der Waals surface area contributed by atoms with E-state index in [4.69, 9.17) is 8.61 Å². The van der Waals surface area contributed by atoms with Crippen LogP contribution in [0.25, 0.3) is 10.9 Å². The fraction of sp³-hybridized carbons (Fsp3) is 0.414. The molecule has 0 saturated carbocycles. The number of carbonyl (C=O) groups excluding carboxylic acids is 2. The highest BCUT2D eigenvalue weighted by molar-refractivity contribution is 7.84. The Hall–Kier alpha value is -3.35. The van der Waals surface area contributed by atoms with Gasteiger partial charge in [-0.3, -0.25) is 19.5 Å². The minimum atomic E-state index is -4.32. The SMILES string of the molecule is CC(C)[Si](Oc1c2c(c(OS(=O)(=O)N(C)C)c3cccnc13)C(=O)N(Cc1ccc(F)cc1)C2=O)(C(C)C)C(C)C. The summed E-state index contributed by atoms with van der Waals surface area (Å²) in [4.78, 5) is 33.6. The number of amides is 2. The van der Waals surface area contributed by atoms with Gasteiger partial charge in [0, 0.05) is 25.7 Å². The predicted octanol–water partition coefficient (Wildman–Crippen LogP) is 5.91. The smallest absolute Gasteiger partial charge is 0.384 e. The maximum atomic E-state index is 14.1. The number of hydrogen-bond acceptors (Lipinski definition) is 7. The third kappa shape index (κ3) is 5.24. The summed E-state index contributed by atoms with van der Waals surface area (Å²) in [6.45, 7) is 12.4. The zero-order valence-corrected chi connectivity index (χ0v) is 26.4. The van der Waals surface area contributed by atoms with E-state index < -0.39 is 36.3 Å². The number of carbonyl (C=O) groups is 2. The van der Waals surface area contributed by atoms with E-state index in [1.54, 1.807) is 12.1 Å². The van der Waals surface area contributed by atoms with Gasteiger partial charge in [-0.25, -0.2) is 4.39 Å². The first kappa shape index (κ1) is 30.6. The van der Waals surface area contributed by atoms with Crippen molar-refractivity contribution in [1.82, 2.24) is 14.2 Å². The molecule has 4 rings (SSSR count). The molecule has 0 saturated heterocycles. The Morgan fingerprint density at radius 2 is 1.44 bits per heavy atom. The summed E-state index contributed by atoms with van der Waals surface area (Å²) in [7, 11) is -4.42. The summed E-state index contributed by atoms with van der Waals surface area (Å²) < 4.78 is 52.9. The number of pyridine rings is 1. The lowest BCUT2D eigenvalue weighted by molar-refractivity contribution is 0.0641. The molecule has 2 aromatic carbocycles. The van der Waals surface area contributed by atoms with Crippen LogP contribution in [0.3, 0.4) is 0 Å². The number of halogens is 1. The summed E-state index contributed by atoms with van der Waals surface area (Å²) >= 11 is 0. The number of fused-ring (bicyclic) bond motifs is 2. The van der Waals surface area contributed by atoms with E-state index >= 15 is 0 Å². The van der Waals surface area contributed by atoms with Gasteiger partial charge in [0.15, 0.2) is 5.75 Å². The number of nitrogens with zero attached hydrogens (tertiary/aromatic N) is 3. The van der Waals surface area contributed by atoms with E-state index in [0.29, 0.717) is 5.56 Å². The van der Waals surface area contributed by atoms with E-state index in [1.807, 2.05) is 0 Å². The number of aromatic nitrogens is 1. The second kappa shape index (κ2) is 11.1. The number of rotatable bonds is 10. The molecule has 9 nitrogen and oxygen atoms in total. The largest absolute Gasteiger partial charge is 0.541 e. The maximum Gasteiger partial charge on any atom is 0.384 e. The fourth-order valence-corrected chi connectivity index (χ4v) is 11.6. The summed E-state index contributed by atoms with van der Waals surface area (Å²) in [6.07, 6.45) is 1.52. The van der Waals surface area contributed by atoms with Crippen molar-refractivity contribution in [3.63, 3.8) is 0 Å². The van der Waals surface area contributed by atoms with Crippen LogP contribution in [0.1, 0.15) is 67.8 Å². The zero-order chi connectivity index (χ0) is 30.4. The maximum absolute atomic E-state index is 14.1. The molecule has 0 aliphatic carbocycles. The highest BCUT2D eigenvalue weighted by atomic mass is 32.2. The Morgan fingerprint density at radius 3 is 1.95 bits per heavy atom. The van der Waals surface area contributed by atoms with Crippen molar-refractivity contribution in [2.75, 3.05) is 14.1 Å². The van der Waals surface area contributed by atoms with Gasteiger partial charge < -0.3 is 8.61 Å². The lowest BCUT2D eigenvalue weighted by atomic mass is 10.0. The molecule has 0 fully saturated rings. The molecule has 1 aromatic heterocycles. The van der Waals surface area contributed by atoms with Gasteiger partial charge in [0.05, 0.1) is 12.1 Å². The topological polar surface area (TPSA) is 106 Å². The van der Waals surface area contributed by atoms with Crippen molar-refractivity contribution in [2.45, 2.75) is 64.7 Å². The first-order valence-corrected chi connectivity index (χ1v) is 17.0. The van der Waals surface area contributed by atoms with Crippen molar-refractivity contribution in [3.8, 4) is 11.5 Å². The van der Waals surface area contributed by atoms with Gasteiger partial charge in [-0.05, 0) is 46.5 Å². The first-order valence-electron chi connectivity index (χ1n) is 13.5. The molecule has 0 atom stereocenters. The Labute approximate surface area is 241 Å². The molecule has 2 amide bonds. The fourth-order valence-electron chi connectivity index (χ4n) is 5.83. The van der Waals surface area contributed by atoms with Gasteiger partial charge in [0.25, 0.3) is 20.1 Å². The average molecular weight is 602 g/mol. The summed E-state index contributed by atoms with van der Waals surface area (Å²) in [5, 5.41) is 0.232. The zero-order valence-electron chi connectivity index (χ0n) is 24.6. The molecule has 0 spiro atoms. The molecule has 41 heavy (non-hydrogen) atoms. The van der Waals surface area contributed by atoms with Crippen LogP contribution in [0, 0.1) is 5.82 Å². The minimum absolute atomic E-state index is 0.0777.